The molecule has 0 radical (unpaired) electrons. The number of nitrogens with one attached hydrogen (secondary N) is 1. The van der Waals surface area contributed by atoms with Gasteiger partial charge in [0.1, 0.15) is 0 Å². The van der Waals surface area contributed by atoms with Crippen LogP contribution in [0.1, 0.15) is 19.8 Å². The van der Waals surface area contributed by atoms with Crippen molar-refractivity contribution in [2.24, 2.45) is 17.3 Å². The van der Waals surface area contributed by atoms with Crippen molar-refractivity contribution in [3.8, 4) is 0 Å². The molecule has 2 saturated carbocycles. The molecule has 0 bridgehead atoms. The molecular weight excluding hydrogens is 166 g/mol. The molecule has 1 heterocycles. The van der Waals surface area contributed by atoms with Crippen LogP contribution >= 0.6 is 0 Å². The van der Waals surface area contributed by atoms with E-state index in [1.54, 1.807) is 0 Å². The number of carbonyl (C=O) groups excluding carboxylic acids is 1. The molecule has 3 rings (SSSR count). The highest BCUT2D eigenvalue weighted by Gasteiger charge is 2.57. The Morgan fingerprint density at radius 1 is 1.38 bits per heavy atom. The lowest BCUT2D eigenvalue weighted by Gasteiger charge is -2.11. The van der Waals surface area contributed by atoms with Crippen molar-refractivity contribution in [2.45, 2.75) is 25.8 Å². The number of hydrogen-bond donors (Lipinski definition) is 1. The second-order valence-electron chi connectivity index (χ2n) is 4.93. The van der Waals surface area contributed by atoms with Crippen molar-refractivity contribution >= 4 is 5.91 Å². The van der Waals surface area contributed by atoms with E-state index in [0.717, 1.165) is 26.1 Å². The Morgan fingerprint density at radius 2 is 2.00 bits per heavy atom. The van der Waals surface area contributed by atoms with Crippen molar-refractivity contribution < 1.29 is 9.53 Å². The van der Waals surface area contributed by atoms with E-state index in [1.807, 2.05) is 0 Å². The summed E-state index contributed by atoms with van der Waals surface area (Å²) >= 11 is 0. The highest BCUT2D eigenvalue weighted by molar-refractivity contribution is 5.85. The smallest absolute Gasteiger partial charge is 0.226 e. The summed E-state index contributed by atoms with van der Waals surface area (Å²) in [6, 6.07) is 0.443. The minimum absolute atomic E-state index is 0.0161. The maximum absolute atomic E-state index is 11.7. The Kier molecular flexibility index (Phi) is 1.36. The number of amides is 1. The lowest BCUT2D eigenvalue weighted by Crippen LogP contribution is -2.35. The molecule has 0 aromatic carbocycles. The maximum Gasteiger partial charge on any atom is 0.226 e. The first-order valence-electron chi connectivity index (χ1n) is 5.09. The molecule has 3 nitrogen and oxygen atoms in total. The van der Waals surface area contributed by atoms with Crippen molar-refractivity contribution in [3.63, 3.8) is 0 Å². The van der Waals surface area contributed by atoms with Gasteiger partial charge in [-0.05, 0) is 12.8 Å². The van der Waals surface area contributed by atoms with Crippen LogP contribution in [0.15, 0.2) is 0 Å². The molecule has 1 unspecified atom stereocenters. The number of fused-ring (bicyclic) bond motifs is 1. The van der Waals surface area contributed by atoms with Crippen LogP contribution in [0.2, 0.25) is 0 Å². The first-order chi connectivity index (χ1) is 6.21. The molecule has 0 spiro atoms. The van der Waals surface area contributed by atoms with Gasteiger partial charge in [0.05, 0.1) is 13.2 Å². The second-order valence-corrected chi connectivity index (χ2v) is 4.93. The minimum Gasteiger partial charge on any atom is -0.381 e. The number of ether oxygens (including phenoxy) is 1. The van der Waals surface area contributed by atoms with Crippen molar-refractivity contribution in [2.75, 3.05) is 13.2 Å². The summed E-state index contributed by atoms with van der Waals surface area (Å²) in [5.74, 6) is 1.53. The van der Waals surface area contributed by atoms with Crippen molar-refractivity contribution in [1.29, 1.82) is 0 Å². The molecule has 3 aliphatic rings. The monoisotopic (exact) mass is 181 g/mol. The Bertz CT molecular complexity index is 250. The molecule has 3 atom stereocenters. The first kappa shape index (κ1) is 7.80. The van der Waals surface area contributed by atoms with Crippen LogP contribution in [0, 0.1) is 17.3 Å². The standard InChI is InChI=1S/C10H15NO2/c1-10(2-3-10)9(12)11-8-6-4-13-5-7(6)8/h6-8H,2-5H2,1H3,(H,11,12)/t6-,7+,8?. The van der Waals surface area contributed by atoms with Crippen LogP contribution in [0.4, 0.5) is 0 Å². The molecule has 1 saturated heterocycles. The molecule has 72 valence electrons. The third-order valence-corrected chi connectivity index (χ3v) is 3.80. The second kappa shape index (κ2) is 2.27. The Hall–Kier alpha value is -0.570. The summed E-state index contributed by atoms with van der Waals surface area (Å²) in [7, 11) is 0. The van der Waals surface area contributed by atoms with E-state index in [2.05, 4.69) is 12.2 Å². The summed E-state index contributed by atoms with van der Waals surface area (Å²) in [5, 5.41) is 3.14. The SMILES string of the molecule is CC1(C(=O)NC2[C@H]3COC[C@@H]23)CC1. The Balaban J connectivity index is 1.56. The molecule has 1 aliphatic heterocycles. The highest BCUT2D eigenvalue weighted by Crippen LogP contribution is 2.48. The normalized spacial score (nSPS) is 43.9. The zero-order chi connectivity index (χ0) is 9.05. The number of rotatable bonds is 2. The zero-order valence-electron chi connectivity index (χ0n) is 7.88. The highest BCUT2D eigenvalue weighted by atomic mass is 16.5. The van der Waals surface area contributed by atoms with E-state index in [9.17, 15) is 4.79 Å². The largest absolute Gasteiger partial charge is 0.381 e. The molecule has 1 N–H and O–H groups in total. The molecule has 0 aromatic heterocycles. The van der Waals surface area contributed by atoms with Gasteiger partial charge in [0, 0.05) is 23.3 Å². The van der Waals surface area contributed by atoms with E-state index in [0.29, 0.717) is 17.9 Å². The van der Waals surface area contributed by atoms with Crippen LogP contribution in [0.25, 0.3) is 0 Å². The van der Waals surface area contributed by atoms with Crippen molar-refractivity contribution in [3.05, 3.63) is 0 Å². The van der Waals surface area contributed by atoms with Crippen LogP contribution < -0.4 is 5.32 Å². The zero-order valence-corrected chi connectivity index (χ0v) is 7.88. The average molecular weight is 181 g/mol. The molecule has 3 fully saturated rings. The van der Waals surface area contributed by atoms with Crippen LogP contribution in [-0.2, 0) is 9.53 Å². The van der Waals surface area contributed by atoms with E-state index in [1.165, 1.54) is 0 Å². The van der Waals surface area contributed by atoms with Gasteiger partial charge >= 0.3 is 0 Å². The molecule has 0 aromatic rings. The predicted octanol–water partition coefficient (Wildman–Crippen LogP) is 0.547. The van der Waals surface area contributed by atoms with E-state index < -0.39 is 0 Å². The number of hydrogen-bond acceptors (Lipinski definition) is 2. The number of carbonyl (C=O) groups is 1. The first-order valence-corrected chi connectivity index (χ1v) is 5.09. The van der Waals surface area contributed by atoms with Crippen LogP contribution in [0.3, 0.4) is 0 Å². The van der Waals surface area contributed by atoms with Crippen molar-refractivity contribution in [1.82, 2.24) is 5.32 Å². The quantitative estimate of drug-likeness (QED) is 0.675. The fraction of sp³-hybridized carbons (Fsp3) is 0.900. The Labute approximate surface area is 77.8 Å². The van der Waals surface area contributed by atoms with Gasteiger partial charge in [-0.3, -0.25) is 4.79 Å². The summed E-state index contributed by atoms with van der Waals surface area (Å²) < 4.78 is 5.27. The maximum atomic E-state index is 11.7. The van der Waals surface area contributed by atoms with Gasteiger partial charge in [0.2, 0.25) is 5.91 Å². The van der Waals surface area contributed by atoms with Gasteiger partial charge in [0.25, 0.3) is 0 Å². The van der Waals surface area contributed by atoms with Gasteiger partial charge in [-0.1, -0.05) is 6.92 Å². The topological polar surface area (TPSA) is 38.3 Å². The average Bonchev–Trinajstić information content (AvgIpc) is 2.95. The minimum atomic E-state index is -0.0161. The van der Waals surface area contributed by atoms with Crippen LogP contribution in [0.5, 0.6) is 0 Å². The van der Waals surface area contributed by atoms with Gasteiger partial charge in [-0.25, -0.2) is 0 Å². The summed E-state index contributed by atoms with van der Waals surface area (Å²) in [4.78, 5) is 11.7. The predicted molar refractivity (Wildman–Crippen MR) is 47.1 cm³/mol. The lowest BCUT2D eigenvalue weighted by molar-refractivity contribution is -0.126. The fourth-order valence-corrected chi connectivity index (χ4v) is 2.19. The lowest BCUT2D eigenvalue weighted by atomic mass is 10.1. The molecule has 1 amide bonds. The van der Waals surface area contributed by atoms with Crippen LogP contribution in [-0.4, -0.2) is 25.2 Å². The van der Waals surface area contributed by atoms with Gasteiger partial charge in [0.15, 0.2) is 0 Å². The van der Waals surface area contributed by atoms with Gasteiger partial charge in [-0.2, -0.15) is 0 Å². The summed E-state index contributed by atoms with van der Waals surface area (Å²) in [6.45, 7) is 3.76. The Morgan fingerprint density at radius 3 is 2.54 bits per heavy atom. The molecular formula is C10H15NO2. The van der Waals surface area contributed by atoms with E-state index >= 15 is 0 Å². The summed E-state index contributed by atoms with van der Waals surface area (Å²) in [6.07, 6.45) is 2.13. The van der Waals surface area contributed by atoms with E-state index in [4.69, 9.17) is 4.74 Å². The third-order valence-electron chi connectivity index (χ3n) is 3.80. The fourth-order valence-electron chi connectivity index (χ4n) is 2.19. The molecule has 3 heteroatoms. The molecule has 2 aliphatic carbocycles. The summed E-state index contributed by atoms with van der Waals surface area (Å²) in [5.41, 5.74) is -0.0161. The third kappa shape index (κ3) is 1.10. The molecule has 13 heavy (non-hydrogen) atoms. The van der Waals surface area contributed by atoms with E-state index in [-0.39, 0.29) is 11.3 Å². The van der Waals surface area contributed by atoms with Gasteiger partial charge < -0.3 is 10.1 Å². The van der Waals surface area contributed by atoms with Gasteiger partial charge in [-0.15, -0.1) is 0 Å².